The van der Waals surface area contributed by atoms with Gasteiger partial charge in [-0.1, -0.05) is 31.7 Å². The number of aryl methyl sites for hydroxylation is 1. The van der Waals surface area contributed by atoms with Crippen LogP contribution in [0.3, 0.4) is 0 Å². The van der Waals surface area contributed by atoms with E-state index in [9.17, 15) is 9.59 Å². The Bertz CT molecular complexity index is 820. The van der Waals surface area contributed by atoms with Gasteiger partial charge in [0.25, 0.3) is 0 Å². The minimum Gasteiger partial charge on any atom is -0.326 e. The Hall–Kier alpha value is -2.08. The second kappa shape index (κ2) is 11.4. The Morgan fingerprint density at radius 2 is 1.88 bits per heavy atom. The molecule has 0 radical (unpaired) electrons. The lowest BCUT2D eigenvalue weighted by Gasteiger charge is -2.24. The number of benzene rings is 1. The number of carbonyl (C=O) groups excluding carboxylic acids is 2. The quantitative estimate of drug-likeness (QED) is 0.487. The number of rotatable bonds is 11. The molecule has 1 aromatic carbocycles. The number of unbranched alkanes of at least 4 members (excludes halogenated alkanes) is 3. The standard InChI is InChI=1S/C27H42N4O2/c1-21(32)28-24-14-13-22-11-12-23(26(22)19-24)20-29(2)15-7-3-4-8-16-30-17-18-31(27(30)33)25-9-5-6-10-25/h13-14,19,23,25H,3-12,15-18,20H2,1-2H3,(H,28,32). The highest BCUT2D eigenvalue weighted by Crippen LogP contribution is 2.35. The molecule has 2 fully saturated rings. The molecule has 182 valence electrons. The van der Waals surface area contributed by atoms with Crippen LogP contribution in [-0.4, -0.2) is 72.5 Å². The Morgan fingerprint density at radius 1 is 1.09 bits per heavy atom. The second-order valence-electron chi connectivity index (χ2n) is 10.4. The second-order valence-corrected chi connectivity index (χ2v) is 10.4. The van der Waals surface area contributed by atoms with Gasteiger partial charge in [0.2, 0.25) is 5.91 Å². The summed E-state index contributed by atoms with van der Waals surface area (Å²) in [4.78, 5) is 30.7. The molecule has 1 heterocycles. The molecule has 3 aliphatic rings. The number of amides is 3. The van der Waals surface area contributed by atoms with Crippen LogP contribution in [0.15, 0.2) is 18.2 Å². The van der Waals surface area contributed by atoms with Crippen LogP contribution in [0.2, 0.25) is 0 Å². The van der Waals surface area contributed by atoms with Crippen LogP contribution >= 0.6 is 0 Å². The van der Waals surface area contributed by atoms with E-state index in [1.165, 1.54) is 62.5 Å². The molecule has 6 nitrogen and oxygen atoms in total. The number of hydrogen-bond donors (Lipinski definition) is 1. The van der Waals surface area contributed by atoms with Crippen molar-refractivity contribution in [2.24, 2.45) is 0 Å². The zero-order chi connectivity index (χ0) is 23.2. The summed E-state index contributed by atoms with van der Waals surface area (Å²) in [6.45, 7) is 6.54. The van der Waals surface area contributed by atoms with Crippen LogP contribution < -0.4 is 5.32 Å². The molecule has 1 aliphatic heterocycles. The molecule has 1 unspecified atom stereocenters. The lowest BCUT2D eigenvalue weighted by Crippen LogP contribution is -2.38. The minimum atomic E-state index is -0.0122. The van der Waals surface area contributed by atoms with Crippen LogP contribution in [0.4, 0.5) is 10.5 Å². The van der Waals surface area contributed by atoms with E-state index < -0.39 is 0 Å². The van der Waals surface area contributed by atoms with Gasteiger partial charge in [-0.05, 0) is 81.3 Å². The van der Waals surface area contributed by atoms with Gasteiger partial charge in [-0.3, -0.25) is 4.79 Å². The summed E-state index contributed by atoms with van der Waals surface area (Å²) < 4.78 is 0. The van der Waals surface area contributed by atoms with Crippen LogP contribution in [-0.2, 0) is 11.2 Å². The van der Waals surface area contributed by atoms with E-state index in [4.69, 9.17) is 0 Å². The molecule has 4 rings (SSSR count). The largest absolute Gasteiger partial charge is 0.326 e. The van der Waals surface area contributed by atoms with Crippen molar-refractivity contribution in [3.8, 4) is 0 Å². The smallest absolute Gasteiger partial charge is 0.320 e. The summed E-state index contributed by atoms with van der Waals surface area (Å²) in [5, 5.41) is 2.92. The molecule has 0 spiro atoms. The Kier molecular flexibility index (Phi) is 8.29. The molecule has 6 heteroatoms. The van der Waals surface area contributed by atoms with Crippen LogP contribution in [0.25, 0.3) is 0 Å². The van der Waals surface area contributed by atoms with E-state index in [0.29, 0.717) is 18.0 Å². The number of likely N-dealkylation sites (N-methyl/N-ethyl adjacent to an activating group) is 1. The third-order valence-corrected chi connectivity index (χ3v) is 7.81. The molecule has 1 saturated carbocycles. The molecule has 1 aromatic rings. The maximum Gasteiger partial charge on any atom is 0.320 e. The Balaban J connectivity index is 1.11. The summed E-state index contributed by atoms with van der Waals surface area (Å²) in [7, 11) is 2.23. The number of carbonyl (C=O) groups is 2. The lowest BCUT2D eigenvalue weighted by atomic mass is 10.00. The molecule has 1 atom stereocenters. The summed E-state index contributed by atoms with van der Waals surface area (Å²) in [6, 6.07) is 7.19. The first kappa shape index (κ1) is 24.1. The zero-order valence-corrected chi connectivity index (χ0v) is 20.7. The summed E-state index contributed by atoms with van der Waals surface area (Å²) in [6.07, 6.45) is 12.1. The van der Waals surface area contributed by atoms with Crippen molar-refractivity contribution in [1.29, 1.82) is 0 Å². The van der Waals surface area contributed by atoms with E-state index in [0.717, 1.165) is 51.3 Å². The van der Waals surface area contributed by atoms with Crippen molar-refractivity contribution in [2.45, 2.75) is 83.1 Å². The SMILES string of the molecule is CC(=O)Nc1ccc2c(c1)C(CN(C)CCCCCCN1CCN(C3CCCC3)C1=O)CC2. The van der Waals surface area contributed by atoms with Crippen molar-refractivity contribution in [2.75, 3.05) is 45.1 Å². The van der Waals surface area contributed by atoms with Crippen molar-refractivity contribution in [3.63, 3.8) is 0 Å². The number of fused-ring (bicyclic) bond motifs is 1. The van der Waals surface area contributed by atoms with Gasteiger partial charge in [0, 0.05) is 44.8 Å². The molecular formula is C27H42N4O2. The van der Waals surface area contributed by atoms with Crippen LogP contribution in [0.1, 0.15) is 81.8 Å². The van der Waals surface area contributed by atoms with Gasteiger partial charge in [-0.25, -0.2) is 4.79 Å². The summed E-state index contributed by atoms with van der Waals surface area (Å²) >= 11 is 0. The maximum atomic E-state index is 12.7. The van der Waals surface area contributed by atoms with E-state index in [-0.39, 0.29) is 5.91 Å². The van der Waals surface area contributed by atoms with Gasteiger partial charge >= 0.3 is 6.03 Å². The van der Waals surface area contributed by atoms with Crippen LogP contribution in [0, 0.1) is 0 Å². The molecule has 0 bridgehead atoms. The fourth-order valence-corrected chi connectivity index (χ4v) is 6.03. The lowest BCUT2D eigenvalue weighted by molar-refractivity contribution is -0.114. The number of nitrogens with zero attached hydrogens (tertiary/aromatic N) is 3. The van der Waals surface area contributed by atoms with E-state index in [2.05, 4.69) is 39.2 Å². The monoisotopic (exact) mass is 454 g/mol. The van der Waals surface area contributed by atoms with E-state index >= 15 is 0 Å². The van der Waals surface area contributed by atoms with E-state index in [1.807, 2.05) is 6.07 Å². The topological polar surface area (TPSA) is 55.9 Å². The predicted octanol–water partition coefficient (Wildman–Crippen LogP) is 4.85. The normalized spacial score (nSPS) is 20.8. The molecule has 3 amide bonds. The maximum absolute atomic E-state index is 12.7. The average Bonchev–Trinajstić information content (AvgIpc) is 3.52. The molecule has 33 heavy (non-hydrogen) atoms. The van der Waals surface area contributed by atoms with Crippen molar-refractivity contribution in [1.82, 2.24) is 14.7 Å². The van der Waals surface area contributed by atoms with Gasteiger partial charge in [-0.2, -0.15) is 0 Å². The molecule has 2 aliphatic carbocycles. The molecule has 1 N–H and O–H groups in total. The number of nitrogens with one attached hydrogen (secondary N) is 1. The average molecular weight is 455 g/mol. The van der Waals surface area contributed by atoms with Crippen molar-refractivity contribution >= 4 is 17.6 Å². The zero-order valence-electron chi connectivity index (χ0n) is 20.7. The van der Waals surface area contributed by atoms with Crippen molar-refractivity contribution in [3.05, 3.63) is 29.3 Å². The summed E-state index contributed by atoms with van der Waals surface area (Å²) in [5.41, 5.74) is 3.76. The first-order chi connectivity index (χ1) is 16.0. The van der Waals surface area contributed by atoms with Gasteiger partial charge in [-0.15, -0.1) is 0 Å². The third kappa shape index (κ3) is 6.28. The van der Waals surface area contributed by atoms with Gasteiger partial charge in [0.15, 0.2) is 0 Å². The predicted molar refractivity (Wildman–Crippen MR) is 134 cm³/mol. The fraction of sp³-hybridized carbons (Fsp3) is 0.704. The first-order valence-corrected chi connectivity index (χ1v) is 13.2. The molecule has 0 aromatic heterocycles. The van der Waals surface area contributed by atoms with Crippen molar-refractivity contribution < 1.29 is 9.59 Å². The van der Waals surface area contributed by atoms with Gasteiger partial charge < -0.3 is 20.0 Å². The Morgan fingerprint density at radius 3 is 2.67 bits per heavy atom. The Labute approximate surface area is 199 Å². The molecular weight excluding hydrogens is 412 g/mol. The van der Waals surface area contributed by atoms with Crippen LogP contribution in [0.5, 0.6) is 0 Å². The molecule has 1 saturated heterocycles. The highest BCUT2D eigenvalue weighted by molar-refractivity contribution is 5.88. The minimum absolute atomic E-state index is 0.0122. The highest BCUT2D eigenvalue weighted by Gasteiger charge is 2.34. The fourth-order valence-electron chi connectivity index (χ4n) is 6.03. The number of anilines is 1. The highest BCUT2D eigenvalue weighted by atomic mass is 16.2. The van der Waals surface area contributed by atoms with E-state index in [1.54, 1.807) is 6.92 Å². The number of urea groups is 1. The third-order valence-electron chi connectivity index (χ3n) is 7.81. The summed E-state index contributed by atoms with van der Waals surface area (Å²) in [5.74, 6) is 0.546. The van der Waals surface area contributed by atoms with Gasteiger partial charge in [0.05, 0.1) is 0 Å². The first-order valence-electron chi connectivity index (χ1n) is 13.2. The number of hydrogen-bond acceptors (Lipinski definition) is 3. The van der Waals surface area contributed by atoms with Gasteiger partial charge in [0.1, 0.15) is 0 Å².